The quantitative estimate of drug-likeness (QED) is 0.333. The SMILES string of the molecule is COc1cc(C(=O)O[C@@H](C)c2nnc(-c3ccccc3)o2)c([N+](=O)[O-])cc1OC. The van der Waals surface area contributed by atoms with Crippen LogP contribution in [0.4, 0.5) is 5.69 Å². The minimum atomic E-state index is -0.940. The first kappa shape index (κ1) is 19.8. The van der Waals surface area contributed by atoms with Crippen LogP contribution in [0.5, 0.6) is 11.5 Å². The molecule has 0 amide bonds. The maximum atomic E-state index is 12.6. The predicted molar refractivity (Wildman–Crippen MR) is 99.8 cm³/mol. The Balaban J connectivity index is 1.85. The third-order valence-electron chi connectivity index (χ3n) is 4.01. The number of carbonyl (C=O) groups excluding carboxylic acids is 1. The van der Waals surface area contributed by atoms with E-state index in [1.165, 1.54) is 27.2 Å². The molecule has 0 aliphatic heterocycles. The molecule has 0 radical (unpaired) electrons. The van der Waals surface area contributed by atoms with Gasteiger partial charge in [0.25, 0.3) is 11.6 Å². The van der Waals surface area contributed by atoms with Gasteiger partial charge in [0.2, 0.25) is 5.89 Å². The Labute approximate surface area is 165 Å². The van der Waals surface area contributed by atoms with Crippen molar-refractivity contribution < 1.29 is 28.3 Å². The van der Waals surface area contributed by atoms with Crippen LogP contribution in [0.3, 0.4) is 0 Å². The molecular formula is C19H17N3O7. The van der Waals surface area contributed by atoms with Gasteiger partial charge in [-0.05, 0) is 19.1 Å². The van der Waals surface area contributed by atoms with Crippen LogP contribution in [0.25, 0.3) is 11.5 Å². The number of ether oxygens (including phenoxy) is 3. The molecule has 2 aromatic carbocycles. The Morgan fingerprint density at radius 2 is 1.76 bits per heavy atom. The van der Waals surface area contributed by atoms with Crippen LogP contribution in [0.1, 0.15) is 29.3 Å². The smallest absolute Gasteiger partial charge is 0.346 e. The fraction of sp³-hybridized carbons (Fsp3) is 0.211. The van der Waals surface area contributed by atoms with Crippen molar-refractivity contribution in [3.63, 3.8) is 0 Å². The lowest BCUT2D eigenvalue weighted by atomic mass is 10.1. The van der Waals surface area contributed by atoms with Crippen molar-refractivity contribution in [3.8, 4) is 23.0 Å². The molecule has 10 nitrogen and oxygen atoms in total. The zero-order valence-corrected chi connectivity index (χ0v) is 15.8. The number of benzene rings is 2. The summed E-state index contributed by atoms with van der Waals surface area (Å²) in [6.45, 7) is 1.52. The van der Waals surface area contributed by atoms with Gasteiger partial charge in [0.15, 0.2) is 17.6 Å². The first-order chi connectivity index (χ1) is 13.9. The third kappa shape index (κ3) is 4.15. The standard InChI is InChI=1S/C19H17N3O7/c1-11(17-20-21-18(29-17)12-7-5-4-6-8-12)28-19(23)13-9-15(26-2)16(27-3)10-14(13)22(24)25/h4-11H,1-3H3/t11-/m0/s1. The molecule has 1 aromatic heterocycles. The van der Waals surface area contributed by atoms with Crippen molar-refractivity contribution in [1.29, 1.82) is 0 Å². The summed E-state index contributed by atoms with van der Waals surface area (Å²) in [4.78, 5) is 23.3. The van der Waals surface area contributed by atoms with Crippen LogP contribution < -0.4 is 9.47 Å². The van der Waals surface area contributed by atoms with Crippen LogP contribution in [0.2, 0.25) is 0 Å². The highest BCUT2D eigenvalue weighted by atomic mass is 16.6. The molecule has 0 bridgehead atoms. The van der Waals surface area contributed by atoms with E-state index in [4.69, 9.17) is 18.6 Å². The molecular weight excluding hydrogens is 382 g/mol. The topological polar surface area (TPSA) is 127 Å². The van der Waals surface area contributed by atoms with E-state index in [9.17, 15) is 14.9 Å². The van der Waals surface area contributed by atoms with E-state index < -0.39 is 22.7 Å². The lowest BCUT2D eigenvalue weighted by Crippen LogP contribution is -2.12. The highest BCUT2D eigenvalue weighted by molar-refractivity contribution is 5.95. The van der Waals surface area contributed by atoms with E-state index in [1.807, 2.05) is 18.2 Å². The van der Waals surface area contributed by atoms with E-state index in [2.05, 4.69) is 10.2 Å². The number of carbonyl (C=O) groups is 1. The first-order valence-corrected chi connectivity index (χ1v) is 8.44. The van der Waals surface area contributed by atoms with Gasteiger partial charge in [-0.15, -0.1) is 10.2 Å². The van der Waals surface area contributed by atoms with Crippen LogP contribution in [0, 0.1) is 10.1 Å². The van der Waals surface area contributed by atoms with Crippen LogP contribution in [0.15, 0.2) is 46.9 Å². The zero-order valence-electron chi connectivity index (χ0n) is 15.8. The normalized spacial score (nSPS) is 11.6. The Hall–Kier alpha value is -3.95. The summed E-state index contributed by atoms with van der Waals surface area (Å²) in [6.07, 6.45) is -0.930. The maximum Gasteiger partial charge on any atom is 0.346 e. The van der Waals surface area contributed by atoms with Gasteiger partial charge in [0, 0.05) is 11.6 Å². The molecule has 150 valence electrons. The van der Waals surface area contributed by atoms with Crippen molar-refractivity contribution in [2.75, 3.05) is 14.2 Å². The van der Waals surface area contributed by atoms with Gasteiger partial charge in [-0.3, -0.25) is 10.1 Å². The lowest BCUT2D eigenvalue weighted by molar-refractivity contribution is -0.385. The predicted octanol–water partition coefficient (Wildman–Crippen LogP) is 3.58. The second-order valence-corrected chi connectivity index (χ2v) is 5.84. The molecule has 1 heterocycles. The molecule has 0 unspecified atom stereocenters. The fourth-order valence-corrected chi connectivity index (χ4v) is 2.55. The minimum Gasteiger partial charge on any atom is -0.493 e. The molecule has 3 aromatic rings. The molecule has 0 saturated heterocycles. The number of esters is 1. The average Bonchev–Trinajstić information content (AvgIpc) is 3.23. The van der Waals surface area contributed by atoms with E-state index in [0.29, 0.717) is 5.56 Å². The van der Waals surface area contributed by atoms with E-state index >= 15 is 0 Å². The van der Waals surface area contributed by atoms with Gasteiger partial charge in [0.1, 0.15) is 5.56 Å². The first-order valence-electron chi connectivity index (χ1n) is 8.44. The second kappa shape index (κ2) is 8.38. The van der Waals surface area contributed by atoms with E-state index in [-0.39, 0.29) is 28.8 Å². The largest absolute Gasteiger partial charge is 0.493 e. The number of nitro groups is 1. The number of methoxy groups -OCH3 is 2. The van der Waals surface area contributed by atoms with Crippen molar-refractivity contribution in [1.82, 2.24) is 10.2 Å². The zero-order chi connectivity index (χ0) is 21.0. The summed E-state index contributed by atoms with van der Waals surface area (Å²) in [7, 11) is 2.69. The molecule has 0 N–H and O–H groups in total. The summed E-state index contributed by atoms with van der Waals surface area (Å²) < 4.78 is 21.0. The Morgan fingerprint density at radius 3 is 2.38 bits per heavy atom. The number of nitro benzene ring substituents is 1. The number of hydrogen-bond donors (Lipinski definition) is 0. The molecule has 3 rings (SSSR count). The van der Waals surface area contributed by atoms with E-state index in [0.717, 1.165) is 6.07 Å². The van der Waals surface area contributed by atoms with Crippen LogP contribution in [-0.2, 0) is 4.74 Å². The summed E-state index contributed by atoms with van der Waals surface area (Å²) in [6, 6.07) is 11.4. The monoisotopic (exact) mass is 399 g/mol. The molecule has 10 heteroatoms. The summed E-state index contributed by atoms with van der Waals surface area (Å²) in [5.41, 5.74) is -0.0574. The van der Waals surface area contributed by atoms with Gasteiger partial charge in [0.05, 0.1) is 25.2 Å². The summed E-state index contributed by atoms with van der Waals surface area (Å²) in [5.74, 6) is -0.347. The van der Waals surface area contributed by atoms with Gasteiger partial charge in [-0.25, -0.2) is 4.79 Å². The fourth-order valence-electron chi connectivity index (χ4n) is 2.55. The van der Waals surface area contributed by atoms with Gasteiger partial charge in [-0.2, -0.15) is 0 Å². The van der Waals surface area contributed by atoms with Crippen molar-refractivity contribution in [2.45, 2.75) is 13.0 Å². The molecule has 0 saturated carbocycles. The Bertz CT molecular complexity index is 1030. The number of aromatic nitrogens is 2. The highest BCUT2D eigenvalue weighted by Crippen LogP contribution is 2.35. The summed E-state index contributed by atoms with van der Waals surface area (Å²) >= 11 is 0. The molecule has 29 heavy (non-hydrogen) atoms. The molecule has 0 aliphatic rings. The van der Waals surface area contributed by atoms with Gasteiger partial charge >= 0.3 is 5.97 Å². The maximum absolute atomic E-state index is 12.6. The van der Waals surface area contributed by atoms with Crippen LogP contribution in [-0.4, -0.2) is 35.3 Å². The number of nitrogens with zero attached hydrogens (tertiary/aromatic N) is 3. The van der Waals surface area contributed by atoms with E-state index in [1.54, 1.807) is 12.1 Å². The Morgan fingerprint density at radius 1 is 1.10 bits per heavy atom. The molecule has 0 spiro atoms. The van der Waals surface area contributed by atoms with Crippen molar-refractivity contribution in [3.05, 3.63) is 64.0 Å². The highest BCUT2D eigenvalue weighted by Gasteiger charge is 2.28. The van der Waals surface area contributed by atoms with Crippen molar-refractivity contribution >= 4 is 11.7 Å². The third-order valence-corrected chi connectivity index (χ3v) is 4.01. The lowest BCUT2D eigenvalue weighted by Gasteiger charge is -2.12. The molecule has 0 fully saturated rings. The summed E-state index contributed by atoms with van der Waals surface area (Å²) in [5, 5.41) is 19.2. The number of rotatable bonds is 7. The average molecular weight is 399 g/mol. The molecule has 1 atom stereocenters. The minimum absolute atomic E-state index is 0.0559. The number of hydrogen-bond acceptors (Lipinski definition) is 9. The van der Waals surface area contributed by atoms with Crippen molar-refractivity contribution in [2.24, 2.45) is 0 Å². The van der Waals surface area contributed by atoms with Gasteiger partial charge in [-0.1, -0.05) is 18.2 Å². The second-order valence-electron chi connectivity index (χ2n) is 5.84. The molecule has 0 aliphatic carbocycles. The Kier molecular flexibility index (Phi) is 5.72. The van der Waals surface area contributed by atoms with Crippen LogP contribution >= 0.6 is 0 Å². The van der Waals surface area contributed by atoms with Gasteiger partial charge < -0.3 is 18.6 Å².